The van der Waals surface area contributed by atoms with Gasteiger partial charge in [-0.3, -0.25) is 4.79 Å². The van der Waals surface area contributed by atoms with Crippen LogP contribution in [0.5, 0.6) is 0 Å². The fourth-order valence-electron chi connectivity index (χ4n) is 2.54. The maximum atomic E-state index is 12.0. The summed E-state index contributed by atoms with van der Waals surface area (Å²) in [7, 11) is 0. The Morgan fingerprint density at radius 2 is 2.00 bits per heavy atom. The van der Waals surface area contributed by atoms with Crippen molar-refractivity contribution in [2.45, 2.75) is 39.2 Å². The van der Waals surface area contributed by atoms with Crippen LogP contribution in [0.4, 0.5) is 0 Å². The van der Waals surface area contributed by atoms with E-state index in [4.69, 9.17) is 0 Å². The Hall–Kier alpha value is -2.30. The fourth-order valence-corrected chi connectivity index (χ4v) is 2.54. The average Bonchev–Trinajstić information content (AvgIpc) is 2.87. The summed E-state index contributed by atoms with van der Waals surface area (Å²) < 4.78 is 0. The van der Waals surface area contributed by atoms with Crippen LogP contribution in [0.2, 0.25) is 0 Å². The molecule has 0 unspecified atom stereocenters. The molecule has 2 N–H and O–H groups in total. The third-order valence-corrected chi connectivity index (χ3v) is 3.62. The lowest BCUT2D eigenvalue weighted by molar-refractivity contribution is -0.308. The molecule has 5 heteroatoms. The first kappa shape index (κ1) is 16.1. The highest BCUT2D eigenvalue weighted by Crippen LogP contribution is 2.18. The predicted molar refractivity (Wildman–Crippen MR) is 83.0 cm³/mol. The summed E-state index contributed by atoms with van der Waals surface area (Å²) in [5.74, 6) is -1.31. The predicted octanol–water partition coefficient (Wildman–Crippen LogP) is 1.38. The standard InChI is InChI=1S/C17H22N2O3/c1-11(2)9-15(17(21)22)19-16(20)8-7-12-10-18-14-6-4-3-5-13(12)14/h3-6,10-11,15,18H,7-9H2,1-2H3,(H,19,20)(H,21,22)/p-1/t15-/m1/s1. The van der Waals surface area contributed by atoms with Crippen LogP contribution in [-0.2, 0) is 16.0 Å². The molecule has 1 aromatic carbocycles. The SMILES string of the molecule is CC(C)C[C@@H](NC(=O)CCc1c[nH]c2ccccc12)C(=O)[O-]. The number of carbonyl (C=O) groups is 2. The number of carboxylic acid groups (broad SMARTS) is 1. The minimum atomic E-state index is -1.23. The maximum absolute atomic E-state index is 12.0. The minimum absolute atomic E-state index is 0.178. The number of para-hydroxylation sites is 1. The Morgan fingerprint density at radius 3 is 2.68 bits per heavy atom. The molecule has 2 rings (SSSR count). The molecule has 0 bridgehead atoms. The maximum Gasteiger partial charge on any atom is 0.220 e. The second-order valence-electron chi connectivity index (χ2n) is 5.93. The van der Waals surface area contributed by atoms with Crippen LogP contribution in [0.3, 0.4) is 0 Å². The number of carbonyl (C=O) groups excluding carboxylic acids is 2. The topological polar surface area (TPSA) is 85.0 Å². The van der Waals surface area contributed by atoms with Gasteiger partial charge >= 0.3 is 0 Å². The van der Waals surface area contributed by atoms with Crippen molar-refractivity contribution >= 4 is 22.8 Å². The molecule has 0 aliphatic heterocycles. The quantitative estimate of drug-likeness (QED) is 0.810. The van der Waals surface area contributed by atoms with Crippen molar-refractivity contribution in [3.63, 3.8) is 0 Å². The number of aliphatic carboxylic acids is 1. The highest BCUT2D eigenvalue weighted by Gasteiger charge is 2.15. The zero-order chi connectivity index (χ0) is 16.1. The van der Waals surface area contributed by atoms with Gasteiger partial charge in [-0.05, 0) is 30.4 Å². The Bertz CT molecular complexity index is 661. The summed E-state index contributed by atoms with van der Waals surface area (Å²) in [6.07, 6.45) is 3.09. The third kappa shape index (κ3) is 4.10. The lowest BCUT2D eigenvalue weighted by Crippen LogP contribution is -2.48. The summed E-state index contributed by atoms with van der Waals surface area (Å²) in [4.78, 5) is 26.2. The second kappa shape index (κ2) is 7.11. The highest BCUT2D eigenvalue weighted by molar-refractivity contribution is 5.85. The molecular weight excluding hydrogens is 280 g/mol. The number of aryl methyl sites for hydroxylation is 1. The number of rotatable bonds is 7. The van der Waals surface area contributed by atoms with Gasteiger partial charge in [0.2, 0.25) is 5.91 Å². The molecule has 2 aromatic rings. The molecule has 22 heavy (non-hydrogen) atoms. The second-order valence-corrected chi connectivity index (χ2v) is 5.93. The normalized spacial score (nSPS) is 12.5. The summed E-state index contributed by atoms with van der Waals surface area (Å²) in [5.41, 5.74) is 2.09. The monoisotopic (exact) mass is 301 g/mol. The molecule has 0 saturated carbocycles. The van der Waals surface area contributed by atoms with E-state index in [1.54, 1.807) is 0 Å². The van der Waals surface area contributed by atoms with Gasteiger partial charge in [-0.15, -0.1) is 0 Å². The number of carboxylic acids is 1. The zero-order valence-corrected chi connectivity index (χ0v) is 12.9. The number of aromatic amines is 1. The van der Waals surface area contributed by atoms with Crippen LogP contribution in [-0.4, -0.2) is 22.9 Å². The van der Waals surface area contributed by atoms with Gasteiger partial charge in [0.15, 0.2) is 0 Å². The molecule has 1 atom stereocenters. The Labute approximate surface area is 129 Å². The fraction of sp³-hybridized carbons (Fsp3) is 0.412. The molecule has 0 radical (unpaired) electrons. The van der Waals surface area contributed by atoms with Crippen molar-refractivity contribution in [1.82, 2.24) is 10.3 Å². The summed E-state index contributed by atoms with van der Waals surface area (Å²) in [5, 5.41) is 14.7. The van der Waals surface area contributed by atoms with Crippen LogP contribution >= 0.6 is 0 Å². The Kier molecular flexibility index (Phi) is 5.20. The van der Waals surface area contributed by atoms with Crippen LogP contribution in [0.1, 0.15) is 32.3 Å². The number of nitrogens with one attached hydrogen (secondary N) is 2. The number of hydrogen-bond acceptors (Lipinski definition) is 3. The van der Waals surface area contributed by atoms with Gasteiger partial charge in [0.25, 0.3) is 0 Å². The molecule has 0 saturated heterocycles. The van der Waals surface area contributed by atoms with E-state index >= 15 is 0 Å². The summed E-state index contributed by atoms with van der Waals surface area (Å²) >= 11 is 0. The van der Waals surface area contributed by atoms with Crippen molar-refractivity contribution in [3.05, 3.63) is 36.0 Å². The van der Waals surface area contributed by atoms with Gasteiger partial charge in [0, 0.05) is 23.5 Å². The van der Waals surface area contributed by atoms with E-state index in [9.17, 15) is 14.7 Å². The minimum Gasteiger partial charge on any atom is -0.548 e. The molecule has 0 aliphatic rings. The Balaban J connectivity index is 1.93. The van der Waals surface area contributed by atoms with Gasteiger partial charge in [-0.25, -0.2) is 0 Å². The highest BCUT2D eigenvalue weighted by atomic mass is 16.4. The summed E-state index contributed by atoms with van der Waals surface area (Å²) in [6.45, 7) is 3.82. The molecule has 0 spiro atoms. The molecule has 1 heterocycles. The number of aromatic nitrogens is 1. The van der Waals surface area contributed by atoms with Crippen molar-refractivity contribution in [1.29, 1.82) is 0 Å². The van der Waals surface area contributed by atoms with Crippen molar-refractivity contribution in [2.75, 3.05) is 0 Å². The largest absolute Gasteiger partial charge is 0.548 e. The first-order chi connectivity index (χ1) is 10.5. The number of hydrogen-bond donors (Lipinski definition) is 2. The lowest BCUT2D eigenvalue weighted by atomic mass is 10.0. The number of amides is 1. The molecule has 1 aromatic heterocycles. The van der Waals surface area contributed by atoms with E-state index in [0.717, 1.165) is 16.5 Å². The molecule has 5 nitrogen and oxygen atoms in total. The average molecular weight is 301 g/mol. The van der Waals surface area contributed by atoms with Gasteiger partial charge in [-0.1, -0.05) is 32.0 Å². The van der Waals surface area contributed by atoms with Gasteiger partial charge < -0.3 is 20.2 Å². The van der Waals surface area contributed by atoms with Crippen LogP contribution in [0.25, 0.3) is 10.9 Å². The van der Waals surface area contributed by atoms with Crippen molar-refractivity contribution in [2.24, 2.45) is 5.92 Å². The Morgan fingerprint density at radius 1 is 1.27 bits per heavy atom. The van der Waals surface area contributed by atoms with E-state index in [-0.39, 0.29) is 18.2 Å². The van der Waals surface area contributed by atoms with E-state index in [0.29, 0.717) is 12.8 Å². The number of fused-ring (bicyclic) bond motifs is 1. The first-order valence-electron chi connectivity index (χ1n) is 7.52. The van der Waals surface area contributed by atoms with Crippen LogP contribution < -0.4 is 10.4 Å². The van der Waals surface area contributed by atoms with Gasteiger partial charge in [0.05, 0.1) is 12.0 Å². The lowest BCUT2D eigenvalue weighted by Gasteiger charge is -2.21. The van der Waals surface area contributed by atoms with Gasteiger partial charge in [-0.2, -0.15) is 0 Å². The first-order valence-corrected chi connectivity index (χ1v) is 7.52. The molecule has 0 fully saturated rings. The number of benzene rings is 1. The molecule has 1 amide bonds. The van der Waals surface area contributed by atoms with Crippen LogP contribution in [0.15, 0.2) is 30.5 Å². The zero-order valence-electron chi connectivity index (χ0n) is 12.9. The molecule has 118 valence electrons. The van der Waals surface area contributed by atoms with Crippen molar-refractivity contribution < 1.29 is 14.7 Å². The molecular formula is C17H21N2O3-. The van der Waals surface area contributed by atoms with E-state index in [2.05, 4.69) is 10.3 Å². The van der Waals surface area contributed by atoms with Gasteiger partial charge in [0.1, 0.15) is 0 Å². The number of H-pyrrole nitrogens is 1. The summed E-state index contributed by atoms with van der Waals surface area (Å²) in [6, 6.07) is 6.96. The van der Waals surface area contributed by atoms with E-state index in [1.807, 2.05) is 44.3 Å². The molecule has 0 aliphatic carbocycles. The smallest absolute Gasteiger partial charge is 0.220 e. The van der Waals surface area contributed by atoms with Crippen molar-refractivity contribution in [3.8, 4) is 0 Å². The van der Waals surface area contributed by atoms with E-state index < -0.39 is 12.0 Å². The van der Waals surface area contributed by atoms with E-state index in [1.165, 1.54) is 0 Å². The third-order valence-electron chi connectivity index (χ3n) is 3.62. The van der Waals surface area contributed by atoms with Crippen LogP contribution in [0, 0.1) is 5.92 Å².